The molecule has 1 aromatic heterocycles. The molecule has 1 aliphatic rings. The summed E-state index contributed by atoms with van der Waals surface area (Å²) in [6.07, 6.45) is -5.35. The first-order valence-electron chi connectivity index (χ1n) is 7.99. The number of nitrogen functional groups attached to an aromatic ring is 1. The van der Waals surface area contributed by atoms with Crippen LogP contribution in [0.15, 0.2) is 28.7 Å². The van der Waals surface area contributed by atoms with E-state index in [4.69, 9.17) is 5.73 Å². The van der Waals surface area contributed by atoms with Crippen molar-refractivity contribution in [3.8, 4) is 17.3 Å². The summed E-state index contributed by atoms with van der Waals surface area (Å²) in [5.74, 6) is 0.132. The van der Waals surface area contributed by atoms with Crippen LogP contribution in [-0.4, -0.2) is 26.7 Å². The van der Waals surface area contributed by atoms with Crippen molar-refractivity contribution in [2.24, 2.45) is 0 Å². The zero-order valence-corrected chi connectivity index (χ0v) is 15.2. The van der Waals surface area contributed by atoms with Gasteiger partial charge in [-0.05, 0) is 37.8 Å². The maximum atomic E-state index is 13.0. The van der Waals surface area contributed by atoms with Gasteiger partial charge in [-0.1, -0.05) is 28.1 Å². The Hall–Kier alpha value is -2.05. The van der Waals surface area contributed by atoms with Crippen molar-refractivity contribution >= 4 is 21.7 Å². The normalized spacial score (nSPS) is 23.6. The predicted octanol–water partition coefficient (Wildman–Crippen LogP) is 4.17. The highest BCUT2D eigenvalue weighted by Crippen LogP contribution is 2.45. The Morgan fingerprint density at radius 3 is 2.35 bits per heavy atom. The molecule has 0 amide bonds. The number of halogens is 4. The number of hydrogen-bond donors (Lipinski definition) is 2. The number of alkyl halides is 3. The molecule has 0 unspecified atom stereocenters. The summed E-state index contributed by atoms with van der Waals surface area (Å²) in [5, 5.41) is 23.6. The van der Waals surface area contributed by atoms with Gasteiger partial charge in [0.2, 0.25) is 0 Å². The van der Waals surface area contributed by atoms with Crippen LogP contribution in [0.4, 0.5) is 19.0 Å². The Labute approximate surface area is 156 Å². The van der Waals surface area contributed by atoms with Crippen LogP contribution in [0.25, 0.3) is 11.3 Å². The molecule has 1 heterocycles. The summed E-state index contributed by atoms with van der Waals surface area (Å²) >= 11 is 3.33. The molecular weight excluding hydrogens is 413 g/mol. The number of nitrogens with zero attached hydrogens (tertiary/aromatic N) is 3. The summed E-state index contributed by atoms with van der Waals surface area (Å²) in [5.41, 5.74) is 4.67. The molecule has 0 radical (unpaired) electrons. The van der Waals surface area contributed by atoms with Crippen molar-refractivity contribution in [1.29, 1.82) is 5.26 Å². The molecule has 2 aromatic rings. The van der Waals surface area contributed by atoms with Crippen LogP contribution < -0.4 is 5.73 Å². The second-order valence-electron chi connectivity index (χ2n) is 6.43. The van der Waals surface area contributed by atoms with E-state index in [0.717, 1.165) is 4.47 Å². The maximum absolute atomic E-state index is 13.0. The molecule has 0 spiro atoms. The second kappa shape index (κ2) is 6.59. The average Bonchev–Trinajstić information content (AvgIpc) is 2.92. The van der Waals surface area contributed by atoms with Crippen LogP contribution in [-0.2, 0) is 0 Å². The highest BCUT2D eigenvalue weighted by molar-refractivity contribution is 9.10. The van der Waals surface area contributed by atoms with Gasteiger partial charge in [0.15, 0.2) is 5.60 Å². The average molecular weight is 429 g/mol. The minimum atomic E-state index is -4.66. The first-order chi connectivity index (χ1) is 12.2. The van der Waals surface area contributed by atoms with Crippen molar-refractivity contribution in [3.63, 3.8) is 0 Å². The Morgan fingerprint density at radius 1 is 1.27 bits per heavy atom. The lowest BCUT2D eigenvalue weighted by Gasteiger charge is -2.37. The lowest BCUT2D eigenvalue weighted by molar-refractivity contribution is -0.271. The van der Waals surface area contributed by atoms with Gasteiger partial charge in [-0.3, -0.25) is 0 Å². The van der Waals surface area contributed by atoms with E-state index in [0.29, 0.717) is 11.3 Å². The van der Waals surface area contributed by atoms with Crippen molar-refractivity contribution in [1.82, 2.24) is 9.78 Å². The molecule has 1 aromatic carbocycles. The molecule has 5 nitrogen and oxygen atoms in total. The highest BCUT2D eigenvalue weighted by Gasteiger charge is 2.55. The first kappa shape index (κ1) is 18.7. The molecule has 1 aliphatic carbocycles. The maximum Gasteiger partial charge on any atom is 0.417 e. The second-order valence-corrected chi connectivity index (χ2v) is 7.35. The van der Waals surface area contributed by atoms with Crippen LogP contribution in [0.3, 0.4) is 0 Å². The van der Waals surface area contributed by atoms with Crippen LogP contribution in [0.5, 0.6) is 0 Å². The summed E-state index contributed by atoms with van der Waals surface area (Å²) in [7, 11) is 0. The minimum Gasteiger partial charge on any atom is -0.383 e. The number of aromatic nitrogens is 2. The number of rotatable bonds is 2. The molecule has 1 saturated carbocycles. The molecule has 0 bridgehead atoms. The molecule has 3 rings (SSSR count). The van der Waals surface area contributed by atoms with Gasteiger partial charge >= 0.3 is 6.18 Å². The van der Waals surface area contributed by atoms with Gasteiger partial charge in [0, 0.05) is 10.0 Å². The predicted molar refractivity (Wildman–Crippen MR) is 93.0 cm³/mol. The van der Waals surface area contributed by atoms with E-state index in [2.05, 4.69) is 21.0 Å². The lowest BCUT2D eigenvalue weighted by Crippen LogP contribution is -2.48. The number of anilines is 1. The monoisotopic (exact) mass is 428 g/mol. The van der Waals surface area contributed by atoms with E-state index in [1.807, 2.05) is 6.07 Å². The topological polar surface area (TPSA) is 87.9 Å². The fourth-order valence-corrected chi connectivity index (χ4v) is 3.52. The Balaban J connectivity index is 1.91. The van der Waals surface area contributed by atoms with Crippen LogP contribution in [0.1, 0.15) is 37.3 Å². The zero-order valence-electron chi connectivity index (χ0n) is 13.6. The molecular formula is C17H16BrF3N4O. The van der Waals surface area contributed by atoms with Gasteiger partial charge in [-0.25, -0.2) is 4.68 Å². The van der Waals surface area contributed by atoms with Gasteiger partial charge in [0.05, 0.1) is 6.04 Å². The largest absolute Gasteiger partial charge is 0.417 e. The van der Waals surface area contributed by atoms with Crippen molar-refractivity contribution in [2.45, 2.75) is 43.5 Å². The van der Waals surface area contributed by atoms with Crippen LogP contribution in [0.2, 0.25) is 0 Å². The lowest BCUT2D eigenvalue weighted by atomic mass is 9.81. The van der Waals surface area contributed by atoms with Crippen molar-refractivity contribution < 1.29 is 18.3 Å². The molecule has 0 saturated heterocycles. The van der Waals surface area contributed by atoms with E-state index in [-0.39, 0.29) is 24.2 Å². The van der Waals surface area contributed by atoms with E-state index >= 15 is 0 Å². The number of nitrogens with two attached hydrogens (primary N) is 1. The molecule has 0 aliphatic heterocycles. The van der Waals surface area contributed by atoms with E-state index in [1.54, 1.807) is 24.3 Å². The summed E-state index contributed by atoms with van der Waals surface area (Å²) in [6.45, 7) is 0. The molecule has 1 fully saturated rings. The first-order valence-corrected chi connectivity index (χ1v) is 8.79. The number of aliphatic hydroxyl groups is 1. The number of hydrogen-bond acceptors (Lipinski definition) is 4. The quantitative estimate of drug-likeness (QED) is 0.750. The van der Waals surface area contributed by atoms with Crippen molar-refractivity contribution in [2.75, 3.05) is 5.73 Å². The third kappa shape index (κ3) is 3.19. The number of benzene rings is 1. The van der Waals surface area contributed by atoms with Gasteiger partial charge in [-0.15, -0.1) is 0 Å². The van der Waals surface area contributed by atoms with E-state index in [9.17, 15) is 23.5 Å². The highest BCUT2D eigenvalue weighted by atomic mass is 79.9. The van der Waals surface area contributed by atoms with Crippen molar-refractivity contribution in [3.05, 3.63) is 34.3 Å². The smallest absolute Gasteiger partial charge is 0.383 e. The summed E-state index contributed by atoms with van der Waals surface area (Å²) < 4.78 is 41.2. The Kier molecular flexibility index (Phi) is 4.75. The Morgan fingerprint density at radius 2 is 1.85 bits per heavy atom. The van der Waals surface area contributed by atoms with Crippen LogP contribution >= 0.6 is 15.9 Å². The van der Waals surface area contributed by atoms with Gasteiger partial charge in [-0.2, -0.15) is 23.5 Å². The standard InChI is InChI=1S/C17H16BrF3N4O/c18-11-3-1-10(2-4-11)14-13(9-22)15(23)25(24-14)12-5-7-16(26,8-6-12)17(19,20)21/h1-4,12,26H,5-8,23H2. The molecule has 138 valence electrons. The van der Waals surface area contributed by atoms with Gasteiger partial charge in [0.1, 0.15) is 23.1 Å². The Bertz CT molecular complexity index is 847. The molecule has 3 N–H and O–H groups in total. The molecule has 0 atom stereocenters. The summed E-state index contributed by atoms with van der Waals surface area (Å²) in [6, 6.07) is 8.79. The molecule has 26 heavy (non-hydrogen) atoms. The fraction of sp³-hybridized carbons (Fsp3) is 0.412. The molecule has 9 heteroatoms. The zero-order chi connectivity index (χ0) is 19.1. The van der Waals surface area contributed by atoms with Crippen LogP contribution in [0, 0.1) is 11.3 Å². The fourth-order valence-electron chi connectivity index (χ4n) is 3.25. The number of nitriles is 1. The third-order valence-corrected chi connectivity index (χ3v) is 5.36. The summed E-state index contributed by atoms with van der Waals surface area (Å²) in [4.78, 5) is 0. The third-order valence-electron chi connectivity index (χ3n) is 4.83. The van der Waals surface area contributed by atoms with Gasteiger partial charge < -0.3 is 10.8 Å². The minimum absolute atomic E-state index is 0.0759. The van der Waals surface area contributed by atoms with E-state index in [1.165, 1.54) is 4.68 Å². The SMILES string of the molecule is N#Cc1c(-c2ccc(Br)cc2)nn(C2CCC(O)(C(F)(F)F)CC2)c1N. The van der Waals surface area contributed by atoms with Gasteiger partial charge in [0.25, 0.3) is 0 Å². The van der Waals surface area contributed by atoms with E-state index < -0.39 is 30.7 Å².